The molecular formula is C22H30N4O2. The van der Waals surface area contributed by atoms with E-state index < -0.39 is 0 Å². The maximum atomic E-state index is 12.6. The van der Waals surface area contributed by atoms with Gasteiger partial charge in [0.1, 0.15) is 11.4 Å². The molecule has 1 aromatic carbocycles. The Labute approximate surface area is 167 Å². The Kier molecular flexibility index (Phi) is 6.98. The summed E-state index contributed by atoms with van der Waals surface area (Å²) in [5.41, 5.74) is 2.48. The summed E-state index contributed by atoms with van der Waals surface area (Å²) < 4.78 is 5.46. The number of carbonyl (C=O) groups is 1. The number of benzene rings is 1. The number of methoxy groups -OCH3 is 1. The molecule has 0 bridgehead atoms. The van der Waals surface area contributed by atoms with Crippen LogP contribution in [0.1, 0.15) is 34.6 Å². The second kappa shape index (κ2) is 9.64. The number of likely N-dealkylation sites (tertiary alicyclic amines) is 1. The van der Waals surface area contributed by atoms with Crippen molar-refractivity contribution in [3.63, 3.8) is 0 Å². The smallest absolute Gasteiger partial charge is 0.273 e. The van der Waals surface area contributed by atoms with Crippen LogP contribution in [0.2, 0.25) is 0 Å². The molecule has 0 radical (unpaired) electrons. The predicted octanol–water partition coefficient (Wildman–Crippen LogP) is 2.82. The van der Waals surface area contributed by atoms with Gasteiger partial charge < -0.3 is 14.5 Å². The number of ether oxygens (including phenoxy) is 1. The number of nitrogens with zero attached hydrogens (tertiary/aromatic N) is 4. The topological polar surface area (TPSA) is 58.6 Å². The van der Waals surface area contributed by atoms with Crippen LogP contribution in [0.4, 0.5) is 0 Å². The first-order chi connectivity index (χ1) is 13.6. The lowest BCUT2D eigenvalue weighted by Crippen LogP contribution is -2.42. The van der Waals surface area contributed by atoms with Gasteiger partial charge >= 0.3 is 0 Å². The minimum Gasteiger partial charge on any atom is -0.496 e. The molecule has 2 aromatic rings. The fourth-order valence-electron chi connectivity index (χ4n) is 3.86. The largest absolute Gasteiger partial charge is 0.496 e. The minimum absolute atomic E-state index is 0.0568. The van der Waals surface area contributed by atoms with Gasteiger partial charge in [0, 0.05) is 32.9 Å². The van der Waals surface area contributed by atoms with Crippen molar-refractivity contribution in [1.82, 2.24) is 19.8 Å². The van der Waals surface area contributed by atoms with Crippen LogP contribution in [-0.2, 0) is 6.42 Å². The van der Waals surface area contributed by atoms with Gasteiger partial charge in [-0.2, -0.15) is 0 Å². The first kappa shape index (κ1) is 20.3. The van der Waals surface area contributed by atoms with E-state index in [0.29, 0.717) is 11.6 Å². The van der Waals surface area contributed by atoms with Crippen LogP contribution < -0.4 is 4.74 Å². The molecule has 1 aromatic heterocycles. The first-order valence-corrected chi connectivity index (χ1v) is 9.95. The Morgan fingerprint density at radius 1 is 1.29 bits per heavy atom. The van der Waals surface area contributed by atoms with E-state index in [0.717, 1.165) is 50.5 Å². The molecule has 6 nitrogen and oxygen atoms in total. The third kappa shape index (κ3) is 5.29. The predicted molar refractivity (Wildman–Crippen MR) is 110 cm³/mol. The number of para-hydroxylation sites is 1. The lowest BCUT2D eigenvalue weighted by Gasteiger charge is -2.34. The maximum Gasteiger partial charge on any atom is 0.273 e. The maximum absolute atomic E-state index is 12.6. The van der Waals surface area contributed by atoms with Crippen LogP contribution in [0.3, 0.4) is 0 Å². The van der Waals surface area contributed by atoms with Gasteiger partial charge in [-0.15, -0.1) is 0 Å². The van der Waals surface area contributed by atoms with Crippen LogP contribution in [0.15, 0.2) is 36.7 Å². The number of amides is 1. The fraction of sp³-hybridized carbons (Fsp3) is 0.500. The average molecular weight is 383 g/mol. The number of piperidine rings is 1. The molecule has 0 unspecified atom stereocenters. The monoisotopic (exact) mass is 382 g/mol. The average Bonchev–Trinajstić information content (AvgIpc) is 2.72. The Hall–Kier alpha value is -2.47. The zero-order valence-electron chi connectivity index (χ0n) is 17.1. The summed E-state index contributed by atoms with van der Waals surface area (Å²) >= 11 is 0. The molecular weight excluding hydrogens is 352 g/mol. The molecule has 0 saturated carbocycles. The summed E-state index contributed by atoms with van der Waals surface area (Å²) in [7, 11) is 3.58. The number of hydrogen-bond donors (Lipinski definition) is 0. The van der Waals surface area contributed by atoms with Crippen molar-refractivity contribution in [2.75, 3.05) is 40.3 Å². The molecule has 3 rings (SSSR count). The highest BCUT2D eigenvalue weighted by molar-refractivity contribution is 5.91. The number of rotatable bonds is 7. The van der Waals surface area contributed by atoms with Gasteiger partial charge in [-0.05, 0) is 50.3 Å². The molecule has 2 heterocycles. The number of carbonyl (C=O) groups excluding carboxylic acids is 1. The van der Waals surface area contributed by atoms with Gasteiger partial charge in [0.05, 0.1) is 19.0 Å². The second-order valence-corrected chi connectivity index (χ2v) is 7.60. The van der Waals surface area contributed by atoms with E-state index in [1.54, 1.807) is 24.4 Å². The van der Waals surface area contributed by atoms with Crippen molar-refractivity contribution in [1.29, 1.82) is 0 Å². The molecule has 0 spiro atoms. The summed E-state index contributed by atoms with van der Waals surface area (Å²) in [6, 6.07) is 8.22. The molecule has 1 fully saturated rings. The molecule has 28 heavy (non-hydrogen) atoms. The summed E-state index contributed by atoms with van der Waals surface area (Å²) in [5.74, 6) is 1.39. The van der Waals surface area contributed by atoms with Crippen LogP contribution >= 0.6 is 0 Å². The fourth-order valence-corrected chi connectivity index (χ4v) is 3.86. The van der Waals surface area contributed by atoms with Crippen molar-refractivity contribution in [2.45, 2.75) is 26.2 Å². The lowest BCUT2D eigenvalue weighted by molar-refractivity contribution is 0.0724. The van der Waals surface area contributed by atoms with Crippen molar-refractivity contribution in [3.8, 4) is 5.75 Å². The van der Waals surface area contributed by atoms with E-state index in [2.05, 4.69) is 27.0 Å². The molecule has 1 saturated heterocycles. The summed E-state index contributed by atoms with van der Waals surface area (Å²) in [4.78, 5) is 25.3. The first-order valence-electron chi connectivity index (χ1n) is 9.95. The Bertz CT molecular complexity index is 778. The Morgan fingerprint density at radius 3 is 2.86 bits per heavy atom. The van der Waals surface area contributed by atoms with E-state index >= 15 is 0 Å². The highest BCUT2D eigenvalue weighted by Gasteiger charge is 2.23. The van der Waals surface area contributed by atoms with Crippen molar-refractivity contribution < 1.29 is 9.53 Å². The lowest BCUT2D eigenvalue weighted by atomic mass is 9.97. The van der Waals surface area contributed by atoms with E-state index in [4.69, 9.17) is 4.74 Å². The number of hydrogen-bond acceptors (Lipinski definition) is 5. The standard InChI is InChI=1S/C22H30N4O2/c1-17-13-24-20(14-23-17)22(27)25(2)15-18-7-6-11-26(16-18)12-10-19-8-4-5-9-21(19)28-3/h4-5,8-9,13-14,18H,6-7,10-12,15-16H2,1-3H3/t18-/m1/s1. The summed E-state index contributed by atoms with van der Waals surface area (Å²) in [6.07, 6.45) is 6.51. The van der Waals surface area contributed by atoms with Gasteiger partial charge in [0.25, 0.3) is 5.91 Å². The number of aryl methyl sites for hydroxylation is 1. The third-order valence-corrected chi connectivity index (χ3v) is 5.37. The van der Waals surface area contributed by atoms with Crippen molar-refractivity contribution in [3.05, 3.63) is 53.6 Å². The van der Waals surface area contributed by atoms with E-state index in [9.17, 15) is 4.79 Å². The third-order valence-electron chi connectivity index (χ3n) is 5.37. The van der Waals surface area contributed by atoms with Crippen molar-refractivity contribution in [2.24, 2.45) is 5.92 Å². The molecule has 1 aliphatic heterocycles. The summed E-state index contributed by atoms with van der Waals surface area (Å²) in [6.45, 7) is 5.77. The van der Waals surface area contributed by atoms with Gasteiger partial charge in [0.2, 0.25) is 0 Å². The SMILES string of the molecule is COc1ccccc1CCN1CCC[C@H](CN(C)C(=O)c2cnc(C)cn2)C1. The van der Waals surface area contributed by atoms with Crippen molar-refractivity contribution >= 4 is 5.91 Å². The highest BCUT2D eigenvalue weighted by Crippen LogP contribution is 2.21. The van der Waals surface area contributed by atoms with E-state index in [-0.39, 0.29) is 5.91 Å². The van der Waals surface area contributed by atoms with E-state index in [1.165, 1.54) is 12.0 Å². The quantitative estimate of drug-likeness (QED) is 0.737. The van der Waals surface area contributed by atoms with Crippen LogP contribution in [-0.4, -0.2) is 66.0 Å². The normalized spacial score (nSPS) is 17.3. The van der Waals surface area contributed by atoms with Gasteiger partial charge in [0.15, 0.2) is 0 Å². The molecule has 1 amide bonds. The van der Waals surface area contributed by atoms with Gasteiger partial charge in [-0.1, -0.05) is 18.2 Å². The highest BCUT2D eigenvalue weighted by atomic mass is 16.5. The Morgan fingerprint density at radius 2 is 2.11 bits per heavy atom. The second-order valence-electron chi connectivity index (χ2n) is 7.60. The number of aromatic nitrogens is 2. The van der Waals surface area contributed by atoms with Crippen LogP contribution in [0.5, 0.6) is 5.75 Å². The molecule has 150 valence electrons. The van der Waals surface area contributed by atoms with Crippen LogP contribution in [0.25, 0.3) is 0 Å². The zero-order valence-corrected chi connectivity index (χ0v) is 17.1. The summed E-state index contributed by atoms with van der Waals surface area (Å²) in [5, 5.41) is 0. The van der Waals surface area contributed by atoms with Crippen LogP contribution in [0, 0.1) is 12.8 Å². The molecule has 6 heteroatoms. The minimum atomic E-state index is -0.0568. The zero-order chi connectivity index (χ0) is 19.9. The van der Waals surface area contributed by atoms with E-state index in [1.807, 2.05) is 26.1 Å². The molecule has 0 aliphatic carbocycles. The molecule has 0 N–H and O–H groups in total. The Balaban J connectivity index is 1.51. The van der Waals surface area contributed by atoms with Gasteiger partial charge in [-0.25, -0.2) is 4.98 Å². The molecule has 1 atom stereocenters. The van der Waals surface area contributed by atoms with Gasteiger partial charge in [-0.3, -0.25) is 9.78 Å². The molecule has 1 aliphatic rings.